The molecule has 0 aliphatic carbocycles. The molecule has 1 atom stereocenters. The highest BCUT2D eigenvalue weighted by molar-refractivity contribution is 5.71. The Kier molecular flexibility index (Phi) is 58.3. The topological polar surface area (TPSA) is 78.9 Å². The van der Waals surface area contributed by atoms with Crippen LogP contribution in [0.2, 0.25) is 0 Å². The number of carbonyl (C=O) groups is 3. The van der Waals surface area contributed by atoms with Gasteiger partial charge in [0.25, 0.3) is 0 Å². The van der Waals surface area contributed by atoms with E-state index in [2.05, 4.69) is 99.8 Å². The Balaban J connectivity index is 4.38. The second-order valence-electron chi connectivity index (χ2n) is 20.6. The predicted octanol–water partition coefficient (Wildman–Crippen LogP) is 21.1. The van der Waals surface area contributed by atoms with E-state index in [4.69, 9.17) is 14.2 Å². The fourth-order valence-electron chi connectivity index (χ4n) is 8.72. The van der Waals surface area contributed by atoms with Gasteiger partial charge in [0.1, 0.15) is 13.2 Å². The van der Waals surface area contributed by atoms with Crippen LogP contribution >= 0.6 is 0 Å². The first-order chi connectivity index (χ1) is 36.0. The first-order valence-electron chi connectivity index (χ1n) is 31.1. The molecule has 0 aliphatic heterocycles. The van der Waals surface area contributed by atoms with Crippen molar-refractivity contribution in [2.24, 2.45) is 0 Å². The Labute approximate surface area is 452 Å². The highest BCUT2D eigenvalue weighted by Gasteiger charge is 2.19. The van der Waals surface area contributed by atoms with Crippen molar-refractivity contribution in [3.63, 3.8) is 0 Å². The summed E-state index contributed by atoms with van der Waals surface area (Å²) >= 11 is 0. The van der Waals surface area contributed by atoms with Gasteiger partial charge in [-0.1, -0.05) is 266 Å². The molecule has 0 spiro atoms. The highest BCUT2D eigenvalue weighted by Crippen LogP contribution is 2.16. The summed E-state index contributed by atoms with van der Waals surface area (Å²) in [7, 11) is 0. The van der Waals surface area contributed by atoms with Gasteiger partial charge in [0.05, 0.1) is 0 Å². The standard InChI is InChI=1S/C67H116O6/c1-4-7-10-13-16-19-22-25-27-29-31-33-35-37-39-42-45-48-51-54-57-60-66(69)72-63-64(62-71-65(68)59-56-53-50-47-44-41-24-21-18-15-12-9-6-3)73-67(70)61-58-55-52-49-46-43-40-38-36-34-32-30-28-26-23-20-17-14-11-8-5-2/h9,12,18,21-22,25,29-32,41,44,50,53,64H,4-8,10-11,13-17,19-20,23-24,26-28,33-40,42-43,45-49,51-52,54-63H2,1-3H3/b12-9-,21-18-,25-22-,31-29-,32-30-,44-41-,53-50-. The third-order valence-corrected chi connectivity index (χ3v) is 13.4. The van der Waals surface area contributed by atoms with Crippen molar-refractivity contribution in [2.45, 2.75) is 309 Å². The van der Waals surface area contributed by atoms with Gasteiger partial charge in [0, 0.05) is 19.3 Å². The zero-order valence-corrected chi connectivity index (χ0v) is 48.1. The molecule has 6 nitrogen and oxygen atoms in total. The highest BCUT2D eigenvalue weighted by atomic mass is 16.6. The van der Waals surface area contributed by atoms with Crippen molar-refractivity contribution in [3.8, 4) is 0 Å². The molecule has 1 unspecified atom stereocenters. The van der Waals surface area contributed by atoms with Gasteiger partial charge in [-0.2, -0.15) is 0 Å². The summed E-state index contributed by atoms with van der Waals surface area (Å²) in [6.45, 7) is 6.47. The molecule has 0 aromatic rings. The number of unbranched alkanes of at least 4 members (excludes halogenated alkanes) is 31. The van der Waals surface area contributed by atoms with Crippen LogP contribution in [0.5, 0.6) is 0 Å². The zero-order valence-electron chi connectivity index (χ0n) is 48.1. The number of hydrogen-bond acceptors (Lipinski definition) is 6. The first kappa shape index (κ1) is 69.6. The van der Waals surface area contributed by atoms with E-state index in [1.807, 2.05) is 6.08 Å². The maximum Gasteiger partial charge on any atom is 0.306 e. The molecular weight excluding hydrogens is 901 g/mol. The molecule has 6 heteroatoms. The number of ether oxygens (including phenoxy) is 3. The molecule has 0 heterocycles. The summed E-state index contributed by atoms with van der Waals surface area (Å²) in [5.74, 6) is -0.982. The van der Waals surface area contributed by atoms with Crippen LogP contribution in [0.3, 0.4) is 0 Å². The lowest BCUT2D eigenvalue weighted by Gasteiger charge is -2.18. The van der Waals surface area contributed by atoms with E-state index in [9.17, 15) is 14.4 Å². The van der Waals surface area contributed by atoms with Gasteiger partial charge in [0.2, 0.25) is 0 Å². The molecule has 0 saturated heterocycles. The van der Waals surface area contributed by atoms with Crippen molar-refractivity contribution in [2.75, 3.05) is 13.2 Å². The average Bonchev–Trinajstić information content (AvgIpc) is 3.39. The van der Waals surface area contributed by atoms with Crippen LogP contribution < -0.4 is 0 Å². The van der Waals surface area contributed by atoms with E-state index in [0.29, 0.717) is 19.3 Å². The van der Waals surface area contributed by atoms with Gasteiger partial charge >= 0.3 is 17.9 Å². The van der Waals surface area contributed by atoms with Crippen LogP contribution in [-0.4, -0.2) is 37.2 Å². The zero-order chi connectivity index (χ0) is 52.9. The van der Waals surface area contributed by atoms with E-state index in [1.54, 1.807) is 0 Å². The molecule has 0 aromatic heterocycles. The van der Waals surface area contributed by atoms with Crippen molar-refractivity contribution in [1.29, 1.82) is 0 Å². The number of carbonyl (C=O) groups excluding carboxylic acids is 3. The Morgan fingerprint density at radius 2 is 0.562 bits per heavy atom. The third kappa shape index (κ3) is 59.3. The average molecular weight is 1020 g/mol. The van der Waals surface area contributed by atoms with E-state index in [1.165, 1.54) is 186 Å². The van der Waals surface area contributed by atoms with Crippen LogP contribution in [0.4, 0.5) is 0 Å². The molecule has 0 amide bonds. The van der Waals surface area contributed by atoms with Crippen LogP contribution in [0.25, 0.3) is 0 Å². The van der Waals surface area contributed by atoms with E-state index in [0.717, 1.165) is 70.6 Å². The van der Waals surface area contributed by atoms with Gasteiger partial charge in [-0.25, -0.2) is 0 Å². The van der Waals surface area contributed by atoms with Gasteiger partial charge in [-0.05, 0) is 103 Å². The maximum atomic E-state index is 12.9. The van der Waals surface area contributed by atoms with E-state index < -0.39 is 6.10 Å². The second kappa shape index (κ2) is 61.1. The van der Waals surface area contributed by atoms with Gasteiger partial charge in [-0.15, -0.1) is 0 Å². The molecule has 0 saturated carbocycles. The predicted molar refractivity (Wildman–Crippen MR) is 316 cm³/mol. The Morgan fingerprint density at radius 3 is 0.932 bits per heavy atom. The SMILES string of the molecule is CC/C=C\C/C=C\C/C=C\C/C=C\CCC(=O)OCC(COC(=O)CCCCCCCCCCC/C=C\C/C=C\CCCCCCC)OC(=O)CCCCCCCCCCC/C=C\CCCCCCCCCC. The summed E-state index contributed by atoms with van der Waals surface area (Å²) in [6.07, 6.45) is 80.3. The van der Waals surface area contributed by atoms with Crippen LogP contribution in [0.1, 0.15) is 303 Å². The Hall–Kier alpha value is -3.41. The minimum absolute atomic E-state index is 0.101. The van der Waals surface area contributed by atoms with Crippen LogP contribution in [0, 0.1) is 0 Å². The number of hydrogen-bond donors (Lipinski definition) is 0. The molecule has 420 valence electrons. The van der Waals surface area contributed by atoms with E-state index >= 15 is 0 Å². The second-order valence-corrected chi connectivity index (χ2v) is 20.6. The molecule has 0 bridgehead atoms. The molecular formula is C67H116O6. The van der Waals surface area contributed by atoms with Gasteiger partial charge in [-0.3, -0.25) is 14.4 Å². The molecule has 73 heavy (non-hydrogen) atoms. The van der Waals surface area contributed by atoms with Crippen molar-refractivity contribution >= 4 is 17.9 Å². The lowest BCUT2D eigenvalue weighted by Crippen LogP contribution is -2.30. The van der Waals surface area contributed by atoms with Gasteiger partial charge in [0.15, 0.2) is 6.10 Å². The Bertz CT molecular complexity index is 1400. The summed E-state index contributed by atoms with van der Waals surface area (Å²) in [6, 6.07) is 0. The smallest absolute Gasteiger partial charge is 0.306 e. The van der Waals surface area contributed by atoms with Crippen molar-refractivity contribution < 1.29 is 28.6 Å². The van der Waals surface area contributed by atoms with Crippen LogP contribution in [-0.2, 0) is 28.6 Å². The number of rotatable bonds is 56. The minimum Gasteiger partial charge on any atom is -0.462 e. The van der Waals surface area contributed by atoms with E-state index in [-0.39, 0.29) is 37.5 Å². The third-order valence-electron chi connectivity index (χ3n) is 13.4. The molecule has 0 N–H and O–H groups in total. The number of esters is 3. The Morgan fingerprint density at radius 1 is 0.288 bits per heavy atom. The summed E-state index contributed by atoms with van der Waals surface area (Å²) < 4.78 is 16.8. The van der Waals surface area contributed by atoms with Crippen LogP contribution in [0.15, 0.2) is 85.1 Å². The molecule has 0 aromatic carbocycles. The summed E-state index contributed by atoms with van der Waals surface area (Å²) in [5, 5.41) is 0. The largest absolute Gasteiger partial charge is 0.462 e. The fraction of sp³-hybridized carbons (Fsp3) is 0.746. The molecule has 0 radical (unpaired) electrons. The minimum atomic E-state index is -0.809. The fourth-order valence-corrected chi connectivity index (χ4v) is 8.72. The molecule has 0 aliphatic rings. The molecule has 0 rings (SSSR count). The number of allylic oxidation sites excluding steroid dienone is 14. The molecule has 0 fully saturated rings. The summed E-state index contributed by atoms with van der Waals surface area (Å²) in [4.78, 5) is 38.2. The van der Waals surface area contributed by atoms with Crippen molar-refractivity contribution in [3.05, 3.63) is 85.1 Å². The lowest BCUT2D eigenvalue weighted by molar-refractivity contribution is -0.166. The monoisotopic (exact) mass is 1020 g/mol. The maximum absolute atomic E-state index is 12.9. The van der Waals surface area contributed by atoms with Crippen molar-refractivity contribution in [1.82, 2.24) is 0 Å². The quantitative estimate of drug-likeness (QED) is 0.0261. The lowest BCUT2D eigenvalue weighted by atomic mass is 10.1. The normalized spacial score (nSPS) is 12.6. The van der Waals surface area contributed by atoms with Gasteiger partial charge < -0.3 is 14.2 Å². The first-order valence-corrected chi connectivity index (χ1v) is 31.1. The summed E-state index contributed by atoms with van der Waals surface area (Å²) in [5.41, 5.74) is 0.